The van der Waals surface area contributed by atoms with E-state index in [0.29, 0.717) is 0 Å². The lowest BCUT2D eigenvalue weighted by atomic mass is 10.0. The standard InChI is InChI=1S/C22H23FN4/c23-17-10-8-16(9-11-17)22(12-13-22)26-20-18-6-2-3-7-19(18)24-21(25-20)27-14-4-1-5-15-27/h2-3,6-11H,1,4-5,12-15H2,(H,24,25,26). The van der Waals surface area contributed by atoms with Gasteiger partial charge >= 0.3 is 0 Å². The van der Waals surface area contributed by atoms with E-state index in [1.54, 1.807) is 0 Å². The first-order chi connectivity index (χ1) is 13.2. The van der Waals surface area contributed by atoms with Crippen LogP contribution in [-0.4, -0.2) is 23.1 Å². The summed E-state index contributed by atoms with van der Waals surface area (Å²) in [5.41, 5.74) is 1.93. The normalized spacial score (nSPS) is 18.5. The Balaban J connectivity index is 1.54. The minimum atomic E-state index is -0.200. The second kappa shape index (κ2) is 6.48. The Kier molecular flexibility index (Phi) is 3.96. The molecule has 2 aromatic carbocycles. The number of halogens is 1. The summed E-state index contributed by atoms with van der Waals surface area (Å²) in [5.74, 6) is 1.49. The zero-order chi connectivity index (χ0) is 18.3. The van der Waals surface area contributed by atoms with Crippen LogP contribution in [0.3, 0.4) is 0 Å². The van der Waals surface area contributed by atoms with Crippen molar-refractivity contribution in [3.63, 3.8) is 0 Å². The van der Waals surface area contributed by atoms with Crippen molar-refractivity contribution in [1.29, 1.82) is 0 Å². The van der Waals surface area contributed by atoms with Crippen LogP contribution in [0, 0.1) is 5.82 Å². The molecule has 1 aliphatic heterocycles. The molecule has 2 heterocycles. The van der Waals surface area contributed by atoms with E-state index in [1.807, 2.05) is 30.3 Å². The minimum absolute atomic E-state index is 0.149. The summed E-state index contributed by atoms with van der Waals surface area (Å²) in [4.78, 5) is 12.0. The molecule has 4 nitrogen and oxygen atoms in total. The predicted molar refractivity (Wildman–Crippen MR) is 107 cm³/mol. The highest BCUT2D eigenvalue weighted by Crippen LogP contribution is 2.48. The van der Waals surface area contributed by atoms with Crippen LogP contribution in [0.4, 0.5) is 16.2 Å². The maximum Gasteiger partial charge on any atom is 0.227 e. The van der Waals surface area contributed by atoms with Crippen molar-refractivity contribution in [3.8, 4) is 0 Å². The molecule has 0 radical (unpaired) electrons. The van der Waals surface area contributed by atoms with Crippen LogP contribution in [-0.2, 0) is 5.54 Å². The van der Waals surface area contributed by atoms with Crippen molar-refractivity contribution in [1.82, 2.24) is 9.97 Å². The van der Waals surface area contributed by atoms with Crippen molar-refractivity contribution in [2.75, 3.05) is 23.3 Å². The van der Waals surface area contributed by atoms with Crippen LogP contribution >= 0.6 is 0 Å². The first-order valence-corrected chi connectivity index (χ1v) is 9.80. The fourth-order valence-electron chi connectivity index (χ4n) is 4.00. The molecule has 5 rings (SSSR count). The SMILES string of the molecule is Fc1ccc(C2(Nc3nc(N4CCCCC4)nc4ccccc34)CC2)cc1. The Morgan fingerprint density at radius 2 is 1.63 bits per heavy atom. The maximum atomic E-state index is 13.3. The molecule has 0 amide bonds. The lowest BCUT2D eigenvalue weighted by molar-refractivity contribution is 0.569. The van der Waals surface area contributed by atoms with Gasteiger partial charge in [0.05, 0.1) is 11.1 Å². The predicted octanol–water partition coefficient (Wildman–Crippen LogP) is 4.86. The summed E-state index contributed by atoms with van der Waals surface area (Å²) in [5, 5.41) is 4.72. The summed E-state index contributed by atoms with van der Waals surface area (Å²) in [7, 11) is 0. The zero-order valence-electron chi connectivity index (χ0n) is 15.3. The molecule has 0 bridgehead atoms. The van der Waals surface area contributed by atoms with E-state index in [-0.39, 0.29) is 11.4 Å². The number of benzene rings is 2. The number of anilines is 2. The Morgan fingerprint density at radius 1 is 0.889 bits per heavy atom. The highest BCUT2D eigenvalue weighted by atomic mass is 19.1. The highest BCUT2D eigenvalue weighted by Gasteiger charge is 2.45. The Morgan fingerprint density at radius 3 is 2.37 bits per heavy atom. The third kappa shape index (κ3) is 3.11. The smallest absolute Gasteiger partial charge is 0.227 e. The molecule has 138 valence electrons. The lowest BCUT2D eigenvalue weighted by Crippen LogP contribution is -2.31. The molecule has 0 spiro atoms. The molecule has 1 saturated heterocycles. The third-order valence-corrected chi connectivity index (χ3v) is 5.73. The van der Waals surface area contributed by atoms with Gasteiger partial charge in [-0.3, -0.25) is 0 Å². The van der Waals surface area contributed by atoms with Gasteiger partial charge < -0.3 is 10.2 Å². The van der Waals surface area contributed by atoms with Crippen LogP contribution in [0.1, 0.15) is 37.7 Å². The van der Waals surface area contributed by atoms with Gasteiger partial charge in [0.15, 0.2) is 0 Å². The molecule has 1 aliphatic carbocycles. The van der Waals surface area contributed by atoms with Crippen LogP contribution in [0.5, 0.6) is 0 Å². The average molecular weight is 362 g/mol. The molecule has 0 unspecified atom stereocenters. The van der Waals surface area contributed by atoms with Crippen molar-refractivity contribution in [2.24, 2.45) is 0 Å². The molecule has 27 heavy (non-hydrogen) atoms. The Hall–Kier alpha value is -2.69. The quantitative estimate of drug-likeness (QED) is 0.720. The summed E-state index contributed by atoms with van der Waals surface area (Å²) >= 11 is 0. The summed E-state index contributed by atoms with van der Waals surface area (Å²) in [6.07, 6.45) is 5.71. The maximum absolute atomic E-state index is 13.3. The lowest BCUT2D eigenvalue weighted by Gasteiger charge is -2.28. The number of aromatic nitrogens is 2. The summed E-state index contributed by atoms with van der Waals surface area (Å²) in [6.45, 7) is 2.03. The molecule has 1 N–H and O–H groups in total. The first-order valence-electron chi connectivity index (χ1n) is 9.80. The monoisotopic (exact) mass is 362 g/mol. The summed E-state index contributed by atoms with van der Waals surface area (Å²) in [6, 6.07) is 15.0. The van der Waals surface area contributed by atoms with Crippen LogP contribution in [0.15, 0.2) is 48.5 Å². The number of nitrogens with zero attached hydrogens (tertiary/aromatic N) is 3. The number of piperidine rings is 1. The highest BCUT2D eigenvalue weighted by molar-refractivity contribution is 5.90. The topological polar surface area (TPSA) is 41.1 Å². The molecule has 2 aliphatic rings. The van der Waals surface area contributed by atoms with Crippen molar-refractivity contribution in [3.05, 3.63) is 59.9 Å². The van der Waals surface area contributed by atoms with Gasteiger partial charge in [-0.15, -0.1) is 0 Å². The molecule has 1 aromatic heterocycles. The van der Waals surface area contributed by atoms with E-state index in [2.05, 4.69) is 16.3 Å². The fraction of sp³-hybridized carbons (Fsp3) is 0.364. The van der Waals surface area contributed by atoms with Crippen LogP contribution in [0.25, 0.3) is 10.9 Å². The molecular weight excluding hydrogens is 339 g/mol. The third-order valence-electron chi connectivity index (χ3n) is 5.73. The van der Waals surface area contributed by atoms with Gasteiger partial charge in [-0.25, -0.2) is 9.37 Å². The van der Waals surface area contributed by atoms with E-state index in [0.717, 1.165) is 54.2 Å². The van der Waals surface area contributed by atoms with Gasteiger partial charge in [0, 0.05) is 18.5 Å². The van der Waals surface area contributed by atoms with Crippen molar-refractivity contribution >= 4 is 22.7 Å². The van der Waals surface area contributed by atoms with Crippen LogP contribution in [0.2, 0.25) is 0 Å². The Bertz CT molecular complexity index is 960. The zero-order valence-corrected chi connectivity index (χ0v) is 15.3. The van der Waals surface area contributed by atoms with Gasteiger partial charge in [-0.1, -0.05) is 24.3 Å². The van der Waals surface area contributed by atoms with Gasteiger partial charge in [-0.05, 0) is 61.9 Å². The Labute approximate surface area is 158 Å². The number of rotatable bonds is 4. The number of hydrogen-bond donors (Lipinski definition) is 1. The van der Waals surface area contributed by atoms with Gasteiger partial charge in [0.1, 0.15) is 11.6 Å². The molecule has 5 heteroatoms. The number of nitrogens with one attached hydrogen (secondary N) is 1. The molecule has 3 aromatic rings. The average Bonchev–Trinajstić information content (AvgIpc) is 3.50. The van der Waals surface area contributed by atoms with Crippen molar-refractivity contribution in [2.45, 2.75) is 37.6 Å². The molecule has 0 atom stereocenters. The second-order valence-electron chi connectivity index (χ2n) is 7.65. The largest absolute Gasteiger partial charge is 0.360 e. The van der Waals surface area contributed by atoms with E-state index in [4.69, 9.17) is 9.97 Å². The van der Waals surface area contributed by atoms with Crippen molar-refractivity contribution < 1.29 is 4.39 Å². The van der Waals surface area contributed by atoms with Gasteiger partial charge in [0.25, 0.3) is 0 Å². The van der Waals surface area contributed by atoms with Gasteiger partial charge in [-0.2, -0.15) is 4.98 Å². The molecule has 1 saturated carbocycles. The first kappa shape index (κ1) is 16.5. The van der Waals surface area contributed by atoms with Gasteiger partial charge in [0.2, 0.25) is 5.95 Å². The second-order valence-corrected chi connectivity index (χ2v) is 7.65. The van der Waals surface area contributed by atoms with Crippen LogP contribution < -0.4 is 10.2 Å². The number of hydrogen-bond acceptors (Lipinski definition) is 4. The minimum Gasteiger partial charge on any atom is -0.360 e. The van der Waals surface area contributed by atoms with E-state index in [1.165, 1.54) is 31.4 Å². The number of para-hydroxylation sites is 1. The number of fused-ring (bicyclic) bond motifs is 1. The van der Waals surface area contributed by atoms with E-state index in [9.17, 15) is 4.39 Å². The fourth-order valence-corrected chi connectivity index (χ4v) is 4.00. The summed E-state index contributed by atoms with van der Waals surface area (Å²) < 4.78 is 13.3. The molecular formula is C22H23FN4. The molecule has 2 fully saturated rings. The van der Waals surface area contributed by atoms with E-state index >= 15 is 0 Å². The van der Waals surface area contributed by atoms with E-state index < -0.39 is 0 Å².